The van der Waals surface area contributed by atoms with Crippen molar-refractivity contribution < 1.29 is 14.0 Å². The quantitative estimate of drug-likeness (QED) is 0.856. The van der Waals surface area contributed by atoms with E-state index in [2.05, 4.69) is 0 Å². The molecule has 0 spiro atoms. The highest BCUT2D eigenvalue weighted by atomic mass is 32.2. The highest BCUT2D eigenvalue weighted by Crippen LogP contribution is 2.34. The van der Waals surface area contributed by atoms with Crippen LogP contribution in [0.25, 0.3) is 0 Å². The van der Waals surface area contributed by atoms with Crippen LogP contribution in [0.5, 0.6) is 0 Å². The summed E-state index contributed by atoms with van der Waals surface area (Å²) >= 11 is 1.49. The van der Waals surface area contributed by atoms with Crippen LogP contribution in [0.2, 0.25) is 0 Å². The fourth-order valence-electron chi connectivity index (χ4n) is 2.54. The van der Waals surface area contributed by atoms with E-state index in [1.165, 1.54) is 28.8 Å². The molecule has 0 saturated carbocycles. The molecule has 2 aromatic carbocycles. The van der Waals surface area contributed by atoms with Crippen LogP contribution in [0.15, 0.2) is 53.4 Å². The van der Waals surface area contributed by atoms with E-state index in [0.29, 0.717) is 12.3 Å². The standard InChI is InChI=1S/C18H17FN2O2S/c1-20(10-13-6-8-14(19)9-7-13)17(22)11-21-15-4-2-3-5-16(15)24-12-18(21)23/h2-9H,10-12H2,1H3. The molecular weight excluding hydrogens is 327 g/mol. The van der Waals surface area contributed by atoms with Crippen molar-refractivity contribution in [2.24, 2.45) is 0 Å². The Bertz CT molecular complexity index is 764. The minimum Gasteiger partial charge on any atom is -0.340 e. The Morgan fingerprint density at radius 1 is 1.21 bits per heavy atom. The van der Waals surface area contributed by atoms with Crippen LogP contribution in [0, 0.1) is 5.82 Å². The zero-order valence-corrected chi connectivity index (χ0v) is 14.1. The molecule has 4 nitrogen and oxygen atoms in total. The van der Waals surface area contributed by atoms with Crippen LogP contribution < -0.4 is 4.90 Å². The van der Waals surface area contributed by atoms with Gasteiger partial charge in [0.25, 0.3) is 0 Å². The Morgan fingerprint density at radius 2 is 1.92 bits per heavy atom. The number of hydrogen-bond donors (Lipinski definition) is 0. The number of carbonyl (C=O) groups is 2. The monoisotopic (exact) mass is 344 g/mol. The molecule has 0 aromatic heterocycles. The molecule has 0 unspecified atom stereocenters. The Balaban J connectivity index is 1.70. The highest BCUT2D eigenvalue weighted by molar-refractivity contribution is 8.00. The zero-order chi connectivity index (χ0) is 17.1. The second kappa shape index (κ2) is 7.05. The molecule has 1 heterocycles. The van der Waals surface area contributed by atoms with Gasteiger partial charge in [0.1, 0.15) is 12.4 Å². The van der Waals surface area contributed by atoms with Crippen molar-refractivity contribution in [3.63, 3.8) is 0 Å². The van der Waals surface area contributed by atoms with Crippen molar-refractivity contribution in [1.82, 2.24) is 4.90 Å². The summed E-state index contributed by atoms with van der Waals surface area (Å²) in [6, 6.07) is 13.6. The van der Waals surface area contributed by atoms with Gasteiger partial charge >= 0.3 is 0 Å². The van der Waals surface area contributed by atoms with Gasteiger partial charge in [-0.3, -0.25) is 9.59 Å². The molecule has 3 rings (SSSR count). The topological polar surface area (TPSA) is 40.6 Å². The van der Waals surface area contributed by atoms with E-state index in [0.717, 1.165) is 16.1 Å². The second-order valence-corrected chi connectivity index (χ2v) is 6.63. The van der Waals surface area contributed by atoms with E-state index >= 15 is 0 Å². The second-order valence-electron chi connectivity index (χ2n) is 5.61. The van der Waals surface area contributed by atoms with Crippen LogP contribution in [0.4, 0.5) is 10.1 Å². The lowest BCUT2D eigenvalue weighted by Gasteiger charge is -2.30. The molecule has 6 heteroatoms. The first kappa shape index (κ1) is 16.5. The summed E-state index contributed by atoms with van der Waals surface area (Å²) in [7, 11) is 1.68. The molecule has 0 atom stereocenters. The number of para-hydroxylation sites is 1. The van der Waals surface area contributed by atoms with Gasteiger partial charge in [0.2, 0.25) is 11.8 Å². The number of nitrogens with zero attached hydrogens (tertiary/aromatic N) is 2. The maximum atomic E-state index is 12.9. The lowest BCUT2D eigenvalue weighted by atomic mass is 10.2. The molecule has 0 aliphatic carbocycles. The molecule has 2 amide bonds. The highest BCUT2D eigenvalue weighted by Gasteiger charge is 2.27. The van der Waals surface area contributed by atoms with Crippen molar-refractivity contribution in [1.29, 1.82) is 0 Å². The molecule has 0 N–H and O–H groups in total. The van der Waals surface area contributed by atoms with Crippen LogP contribution in [-0.2, 0) is 16.1 Å². The smallest absolute Gasteiger partial charge is 0.242 e. The number of benzene rings is 2. The van der Waals surface area contributed by atoms with Crippen LogP contribution in [0.3, 0.4) is 0 Å². The predicted octanol–water partition coefficient (Wildman–Crippen LogP) is 2.92. The van der Waals surface area contributed by atoms with Crippen molar-refractivity contribution in [2.75, 3.05) is 24.2 Å². The van der Waals surface area contributed by atoms with E-state index in [-0.39, 0.29) is 24.2 Å². The third-order valence-electron chi connectivity index (χ3n) is 3.86. The summed E-state index contributed by atoms with van der Waals surface area (Å²) in [6.07, 6.45) is 0. The number of amides is 2. The van der Waals surface area contributed by atoms with Crippen molar-refractivity contribution in [3.05, 3.63) is 59.9 Å². The van der Waals surface area contributed by atoms with Crippen molar-refractivity contribution in [2.45, 2.75) is 11.4 Å². The van der Waals surface area contributed by atoms with Gasteiger partial charge in [0.05, 0.1) is 11.4 Å². The van der Waals surface area contributed by atoms with Crippen LogP contribution >= 0.6 is 11.8 Å². The lowest BCUT2D eigenvalue weighted by molar-refractivity contribution is -0.130. The molecule has 0 bridgehead atoms. The van der Waals surface area contributed by atoms with E-state index in [4.69, 9.17) is 0 Å². The molecule has 0 saturated heterocycles. The van der Waals surface area contributed by atoms with Gasteiger partial charge in [-0.05, 0) is 29.8 Å². The number of anilines is 1. The number of carbonyl (C=O) groups excluding carboxylic acids is 2. The predicted molar refractivity (Wildman–Crippen MR) is 92.4 cm³/mol. The summed E-state index contributed by atoms with van der Waals surface area (Å²) in [5.74, 6) is -0.191. The van der Waals surface area contributed by atoms with Crippen molar-refractivity contribution >= 4 is 29.3 Å². The molecular formula is C18H17FN2O2S. The van der Waals surface area contributed by atoms with Crippen LogP contribution in [0.1, 0.15) is 5.56 Å². The molecule has 1 aliphatic rings. The minimum absolute atomic E-state index is 0.00804. The molecule has 2 aromatic rings. The Kier molecular flexibility index (Phi) is 4.85. The fourth-order valence-corrected chi connectivity index (χ4v) is 3.47. The van der Waals surface area contributed by atoms with Gasteiger partial charge in [0, 0.05) is 18.5 Å². The summed E-state index contributed by atoms with van der Waals surface area (Å²) in [5, 5.41) is 0. The average Bonchev–Trinajstić information content (AvgIpc) is 2.59. The summed E-state index contributed by atoms with van der Waals surface area (Å²) in [4.78, 5) is 28.8. The first-order valence-corrected chi connectivity index (χ1v) is 8.54. The van der Waals surface area contributed by atoms with Gasteiger partial charge in [-0.1, -0.05) is 24.3 Å². The molecule has 0 radical (unpaired) electrons. The minimum atomic E-state index is -0.305. The van der Waals surface area contributed by atoms with Crippen LogP contribution in [-0.4, -0.2) is 36.1 Å². The summed E-state index contributed by atoms with van der Waals surface area (Å²) < 4.78 is 12.9. The van der Waals surface area contributed by atoms with Gasteiger partial charge in [-0.25, -0.2) is 4.39 Å². The normalized spacial score (nSPS) is 13.6. The molecule has 0 fully saturated rings. The SMILES string of the molecule is CN(Cc1ccc(F)cc1)C(=O)CN1C(=O)CSc2ccccc21. The Morgan fingerprint density at radius 3 is 2.67 bits per heavy atom. The first-order chi connectivity index (χ1) is 11.5. The van der Waals surface area contributed by atoms with Gasteiger partial charge in [-0.2, -0.15) is 0 Å². The van der Waals surface area contributed by atoms with Crippen molar-refractivity contribution in [3.8, 4) is 0 Å². The average molecular weight is 344 g/mol. The van der Waals surface area contributed by atoms with Gasteiger partial charge < -0.3 is 9.80 Å². The maximum Gasteiger partial charge on any atom is 0.242 e. The number of thioether (sulfide) groups is 1. The first-order valence-electron chi connectivity index (χ1n) is 7.55. The third kappa shape index (κ3) is 3.59. The Labute approximate surface area is 144 Å². The number of halogens is 1. The molecule has 124 valence electrons. The van der Waals surface area contributed by atoms with E-state index in [1.807, 2.05) is 24.3 Å². The molecule has 1 aliphatic heterocycles. The number of rotatable bonds is 4. The lowest BCUT2D eigenvalue weighted by Crippen LogP contribution is -2.43. The zero-order valence-electron chi connectivity index (χ0n) is 13.2. The summed E-state index contributed by atoms with van der Waals surface area (Å²) in [6.45, 7) is 0.381. The van der Waals surface area contributed by atoms with E-state index in [1.54, 1.807) is 24.1 Å². The number of fused-ring (bicyclic) bond motifs is 1. The maximum absolute atomic E-state index is 12.9. The number of hydrogen-bond acceptors (Lipinski definition) is 3. The fraction of sp³-hybridized carbons (Fsp3) is 0.222. The third-order valence-corrected chi connectivity index (χ3v) is 4.91. The molecule has 24 heavy (non-hydrogen) atoms. The Hall–Kier alpha value is -2.34. The summed E-state index contributed by atoms with van der Waals surface area (Å²) in [5.41, 5.74) is 1.62. The van der Waals surface area contributed by atoms with E-state index in [9.17, 15) is 14.0 Å². The van der Waals surface area contributed by atoms with E-state index < -0.39 is 0 Å². The van der Waals surface area contributed by atoms with Gasteiger partial charge in [0.15, 0.2) is 0 Å². The van der Waals surface area contributed by atoms with Gasteiger partial charge in [-0.15, -0.1) is 11.8 Å². The largest absolute Gasteiger partial charge is 0.340 e. The number of likely N-dealkylation sites (N-methyl/N-ethyl adjacent to an activating group) is 1.